The third kappa shape index (κ3) is 17.2. The minimum atomic E-state index is -4.54. The molecule has 0 aliphatic heterocycles. The zero-order chi connectivity index (χ0) is 29.8. The lowest BCUT2D eigenvalue weighted by Crippen LogP contribution is -2.43. The van der Waals surface area contributed by atoms with Crippen LogP contribution in [0.4, 0.5) is 0 Å². The van der Waals surface area contributed by atoms with Crippen LogP contribution < -0.4 is 10.1 Å². The van der Waals surface area contributed by atoms with Crippen LogP contribution in [0.15, 0.2) is 54.6 Å². The monoisotopic (exact) mass is 587 g/mol. The quantitative estimate of drug-likeness (QED) is 0.0916. The Morgan fingerprint density at radius 2 is 1.29 bits per heavy atom. The molecule has 0 fully saturated rings. The van der Waals surface area contributed by atoms with Crippen LogP contribution in [0.25, 0.3) is 0 Å². The molecular formula is C33H50NO6P. The predicted octanol–water partition coefficient (Wildman–Crippen LogP) is 7.52. The van der Waals surface area contributed by atoms with Crippen LogP contribution in [0, 0.1) is 0 Å². The van der Waals surface area contributed by atoms with E-state index in [2.05, 4.69) is 12.2 Å². The van der Waals surface area contributed by atoms with E-state index in [-0.39, 0.29) is 12.3 Å². The predicted molar refractivity (Wildman–Crippen MR) is 165 cm³/mol. The molecule has 0 heterocycles. The van der Waals surface area contributed by atoms with Gasteiger partial charge in [0.05, 0.1) is 6.04 Å². The van der Waals surface area contributed by atoms with E-state index in [4.69, 9.17) is 4.74 Å². The molecule has 0 unspecified atom stereocenters. The van der Waals surface area contributed by atoms with Crippen molar-refractivity contribution in [3.63, 3.8) is 0 Å². The van der Waals surface area contributed by atoms with Gasteiger partial charge in [-0.1, -0.05) is 126 Å². The standard InChI is InChI=1S/C33H50NO6P/c1-2-3-4-5-6-7-8-9-10-11-12-13-17-20-33(36)34-31(32(35)27-41(37,38)39)25-28-21-23-30(24-22-28)40-26-29-18-15-14-16-19-29/h14-16,18-19,21-24,31H,2-13,17,20,25-27H2,1H3,(H,34,36)(H2,37,38,39)/t31-/m1/s1. The minimum absolute atomic E-state index is 0.155. The zero-order valence-electron chi connectivity index (χ0n) is 24.8. The van der Waals surface area contributed by atoms with E-state index in [0.717, 1.165) is 30.4 Å². The Bertz CT molecular complexity index is 1040. The van der Waals surface area contributed by atoms with Gasteiger partial charge in [0.15, 0.2) is 5.78 Å². The number of carbonyl (C=O) groups excluding carboxylic acids is 2. The molecule has 2 rings (SSSR count). The molecule has 0 radical (unpaired) electrons. The molecule has 2 aromatic rings. The van der Waals surface area contributed by atoms with Crippen molar-refractivity contribution >= 4 is 19.3 Å². The van der Waals surface area contributed by atoms with E-state index in [9.17, 15) is 23.9 Å². The molecule has 0 bridgehead atoms. The summed E-state index contributed by atoms with van der Waals surface area (Å²) in [4.78, 5) is 43.9. The van der Waals surface area contributed by atoms with Gasteiger partial charge >= 0.3 is 7.60 Å². The van der Waals surface area contributed by atoms with E-state index in [0.29, 0.717) is 18.8 Å². The van der Waals surface area contributed by atoms with Crippen LogP contribution in [-0.4, -0.2) is 33.7 Å². The molecule has 1 amide bonds. The van der Waals surface area contributed by atoms with Crippen LogP contribution in [0.3, 0.4) is 0 Å². The third-order valence-corrected chi connectivity index (χ3v) is 7.93. The molecule has 41 heavy (non-hydrogen) atoms. The summed E-state index contributed by atoms with van der Waals surface area (Å²) in [5, 5.41) is 2.73. The second kappa shape index (κ2) is 20.4. The number of unbranched alkanes of at least 4 members (excludes halogenated alkanes) is 12. The molecule has 0 aliphatic carbocycles. The van der Waals surface area contributed by atoms with Gasteiger partial charge < -0.3 is 19.8 Å². The van der Waals surface area contributed by atoms with Crippen molar-refractivity contribution in [3.8, 4) is 5.75 Å². The summed E-state index contributed by atoms with van der Waals surface area (Å²) in [6, 6.07) is 16.0. The fraction of sp³-hybridized carbons (Fsp3) is 0.576. The van der Waals surface area contributed by atoms with E-state index < -0.39 is 25.6 Å². The normalized spacial score (nSPS) is 12.2. The highest BCUT2D eigenvalue weighted by molar-refractivity contribution is 7.52. The van der Waals surface area contributed by atoms with E-state index in [1.807, 2.05) is 30.3 Å². The van der Waals surface area contributed by atoms with Gasteiger partial charge in [0.1, 0.15) is 18.5 Å². The van der Waals surface area contributed by atoms with Crippen molar-refractivity contribution in [2.45, 2.75) is 116 Å². The Morgan fingerprint density at radius 1 is 0.756 bits per heavy atom. The van der Waals surface area contributed by atoms with Crippen LogP contribution in [0.5, 0.6) is 5.75 Å². The lowest BCUT2D eigenvalue weighted by molar-refractivity contribution is -0.126. The Balaban J connectivity index is 1.72. The molecule has 0 spiro atoms. The summed E-state index contributed by atoms with van der Waals surface area (Å²) in [5.74, 6) is -0.261. The van der Waals surface area contributed by atoms with E-state index >= 15 is 0 Å². The fourth-order valence-electron chi connectivity index (χ4n) is 4.83. The van der Waals surface area contributed by atoms with Crippen LogP contribution >= 0.6 is 7.60 Å². The van der Waals surface area contributed by atoms with E-state index in [1.165, 1.54) is 64.2 Å². The molecule has 228 valence electrons. The van der Waals surface area contributed by atoms with Gasteiger partial charge in [-0.25, -0.2) is 0 Å². The van der Waals surface area contributed by atoms with Gasteiger partial charge in [0, 0.05) is 6.42 Å². The van der Waals surface area contributed by atoms with Crippen LogP contribution in [-0.2, 0) is 27.2 Å². The maximum atomic E-state index is 12.7. The fourth-order valence-corrected chi connectivity index (χ4v) is 5.45. The Morgan fingerprint density at radius 3 is 1.83 bits per heavy atom. The molecular weight excluding hydrogens is 537 g/mol. The van der Waals surface area contributed by atoms with Gasteiger partial charge in [0.2, 0.25) is 5.91 Å². The van der Waals surface area contributed by atoms with Gasteiger partial charge in [-0.2, -0.15) is 0 Å². The summed E-state index contributed by atoms with van der Waals surface area (Å²) in [5.41, 5.74) is 1.81. The largest absolute Gasteiger partial charge is 0.489 e. The number of rotatable bonds is 23. The van der Waals surface area contributed by atoms with Crippen molar-refractivity contribution in [1.29, 1.82) is 0 Å². The average molecular weight is 588 g/mol. The maximum Gasteiger partial charge on any atom is 0.333 e. The number of ether oxygens (including phenoxy) is 1. The first-order valence-corrected chi connectivity index (χ1v) is 17.2. The summed E-state index contributed by atoms with van der Waals surface area (Å²) >= 11 is 0. The van der Waals surface area contributed by atoms with Gasteiger partial charge in [-0.05, 0) is 36.1 Å². The Kier molecular flexibility index (Phi) is 17.3. The smallest absolute Gasteiger partial charge is 0.333 e. The first-order chi connectivity index (χ1) is 19.8. The highest BCUT2D eigenvalue weighted by atomic mass is 31.2. The molecule has 0 aromatic heterocycles. The topological polar surface area (TPSA) is 113 Å². The number of hydrogen-bond donors (Lipinski definition) is 3. The summed E-state index contributed by atoms with van der Waals surface area (Å²) < 4.78 is 17.3. The van der Waals surface area contributed by atoms with Gasteiger partial charge in [-0.3, -0.25) is 14.2 Å². The first kappa shape index (κ1) is 34.7. The summed E-state index contributed by atoms with van der Waals surface area (Å²) in [6.07, 6.45) is 15.4. The lowest BCUT2D eigenvalue weighted by atomic mass is 10.0. The first-order valence-electron chi connectivity index (χ1n) is 15.4. The Labute approximate surface area is 246 Å². The summed E-state index contributed by atoms with van der Waals surface area (Å²) in [6.45, 7) is 2.67. The van der Waals surface area contributed by atoms with Gasteiger partial charge in [0.25, 0.3) is 0 Å². The zero-order valence-corrected chi connectivity index (χ0v) is 25.7. The summed E-state index contributed by atoms with van der Waals surface area (Å²) in [7, 11) is -4.54. The average Bonchev–Trinajstić information content (AvgIpc) is 2.94. The van der Waals surface area contributed by atoms with Gasteiger partial charge in [-0.15, -0.1) is 0 Å². The molecule has 7 nitrogen and oxygen atoms in total. The van der Waals surface area contributed by atoms with Crippen molar-refractivity contribution in [3.05, 3.63) is 65.7 Å². The lowest BCUT2D eigenvalue weighted by Gasteiger charge is -2.18. The maximum absolute atomic E-state index is 12.7. The van der Waals surface area contributed by atoms with Crippen LogP contribution in [0.2, 0.25) is 0 Å². The van der Waals surface area contributed by atoms with Crippen molar-refractivity contribution in [1.82, 2.24) is 5.32 Å². The third-order valence-electron chi connectivity index (χ3n) is 7.20. The number of nitrogens with one attached hydrogen (secondary N) is 1. The molecule has 2 aromatic carbocycles. The van der Waals surface area contributed by atoms with Crippen LogP contribution in [0.1, 0.15) is 108 Å². The van der Waals surface area contributed by atoms with Crippen molar-refractivity contribution < 1.29 is 28.7 Å². The molecule has 0 saturated heterocycles. The number of hydrogen-bond acceptors (Lipinski definition) is 4. The second-order valence-electron chi connectivity index (χ2n) is 11.0. The number of ketones is 1. The van der Waals surface area contributed by atoms with E-state index in [1.54, 1.807) is 24.3 Å². The Hall–Kier alpha value is -2.47. The number of benzene rings is 2. The number of Topliss-reactive ketones (excluding diaryl/α,β-unsaturated/α-hetero) is 1. The SMILES string of the molecule is CCCCCCCCCCCCCCCC(=O)N[C@H](Cc1ccc(OCc2ccccc2)cc1)C(=O)CP(=O)(O)O. The minimum Gasteiger partial charge on any atom is -0.489 e. The highest BCUT2D eigenvalue weighted by Gasteiger charge is 2.27. The molecule has 1 atom stereocenters. The molecule has 3 N–H and O–H groups in total. The molecule has 8 heteroatoms. The number of amides is 1. The number of carbonyl (C=O) groups is 2. The van der Waals surface area contributed by atoms with Crippen molar-refractivity contribution in [2.24, 2.45) is 0 Å². The second-order valence-corrected chi connectivity index (χ2v) is 12.7. The highest BCUT2D eigenvalue weighted by Crippen LogP contribution is 2.34. The molecule has 0 saturated carbocycles. The molecule has 0 aliphatic rings. The van der Waals surface area contributed by atoms with Crippen molar-refractivity contribution in [2.75, 3.05) is 6.16 Å².